The van der Waals surface area contributed by atoms with Gasteiger partial charge < -0.3 is 10.5 Å². The first kappa shape index (κ1) is 12.0. The van der Waals surface area contributed by atoms with E-state index in [-0.39, 0.29) is 12.1 Å². The molecule has 0 spiro atoms. The molecule has 0 bridgehead atoms. The Kier molecular flexibility index (Phi) is 4.38. The Labute approximate surface area is 94.0 Å². The van der Waals surface area contributed by atoms with Gasteiger partial charge in [0, 0.05) is 12.0 Å². The van der Waals surface area contributed by atoms with Gasteiger partial charge in [0.25, 0.3) is 0 Å². The molecule has 0 amide bonds. The summed E-state index contributed by atoms with van der Waals surface area (Å²) in [5.74, 6) is 0.399. The predicted octanol–water partition coefficient (Wildman–Crippen LogP) is 3.07. The quantitative estimate of drug-likeness (QED) is 0.868. The summed E-state index contributed by atoms with van der Waals surface area (Å²) in [5.41, 5.74) is 6.09. The molecule has 1 heterocycles. The minimum absolute atomic E-state index is 0.0460. The fourth-order valence-electron chi connectivity index (χ4n) is 1.50. The summed E-state index contributed by atoms with van der Waals surface area (Å²) in [6.45, 7) is 4.20. The molecule has 2 atom stereocenters. The van der Waals surface area contributed by atoms with Crippen LogP contribution >= 0.6 is 22.9 Å². The Morgan fingerprint density at radius 2 is 2.07 bits per heavy atom. The van der Waals surface area contributed by atoms with E-state index in [1.165, 1.54) is 11.3 Å². The molecule has 0 saturated heterocycles. The van der Waals surface area contributed by atoms with Crippen molar-refractivity contribution in [3.63, 3.8) is 0 Å². The van der Waals surface area contributed by atoms with E-state index in [4.69, 9.17) is 22.1 Å². The number of ether oxygens (including phenoxy) is 1. The van der Waals surface area contributed by atoms with Crippen LogP contribution in [-0.2, 0) is 4.74 Å². The van der Waals surface area contributed by atoms with Gasteiger partial charge in [0.15, 0.2) is 0 Å². The van der Waals surface area contributed by atoms with Gasteiger partial charge in [-0.3, -0.25) is 0 Å². The minimum atomic E-state index is -0.0856. The van der Waals surface area contributed by atoms with Crippen molar-refractivity contribution in [2.75, 3.05) is 7.11 Å². The van der Waals surface area contributed by atoms with Gasteiger partial charge in [-0.2, -0.15) is 0 Å². The molecule has 2 N–H and O–H groups in total. The molecule has 0 aromatic carbocycles. The average molecular weight is 234 g/mol. The van der Waals surface area contributed by atoms with Crippen LogP contribution in [0.2, 0.25) is 4.34 Å². The number of hydrogen-bond acceptors (Lipinski definition) is 3. The van der Waals surface area contributed by atoms with Crippen molar-refractivity contribution < 1.29 is 4.74 Å². The molecule has 0 aliphatic carbocycles. The summed E-state index contributed by atoms with van der Waals surface area (Å²) in [5, 5.41) is 0. The fraction of sp³-hybridized carbons (Fsp3) is 0.600. The highest BCUT2D eigenvalue weighted by Crippen LogP contribution is 2.30. The summed E-state index contributed by atoms with van der Waals surface area (Å²) in [6.07, 6.45) is 0.0460. The van der Waals surface area contributed by atoms with E-state index in [2.05, 4.69) is 13.8 Å². The molecule has 0 radical (unpaired) electrons. The summed E-state index contributed by atoms with van der Waals surface area (Å²) < 4.78 is 6.15. The molecule has 1 aromatic heterocycles. The predicted molar refractivity (Wildman–Crippen MR) is 61.9 cm³/mol. The normalized spacial score (nSPS) is 15.9. The highest BCUT2D eigenvalue weighted by Gasteiger charge is 2.23. The van der Waals surface area contributed by atoms with Gasteiger partial charge in [0.05, 0.1) is 16.5 Å². The topological polar surface area (TPSA) is 35.2 Å². The van der Waals surface area contributed by atoms with Crippen molar-refractivity contribution in [3.05, 3.63) is 21.3 Å². The molecule has 1 rings (SSSR count). The SMILES string of the molecule is COC(C(C)C)C(N)c1ccc(Cl)s1. The number of halogens is 1. The van der Waals surface area contributed by atoms with Crippen molar-refractivity contribution in [1.29, 1.82) is 0 Å². The van der Waals surface area contributed by atoms with Gasteiger partial charge in [-0.1, -0.05) is 25.4 Å². The summed E-state index contributed by atoms with van der Waals surface area (Å²) in [4.78, 5) is 1.08. The van der Waals surface area contributed by atoms with Crippen LogP contribution in [0.5, 0.6) is 0 Å². The van der Waals surface area contributed by atoms with Gasteiger partial charge in [0.1, 0.15) is 0 Å². The smallest absolute Gasteiger partial charge is 0.0931 e. The number of hydrogen-bond donors (Lipinski definition) is 1. The van der Waals surface area contributed by atoms with Crippen molar-refractivity contribution >= 4 is 22.9 Å². The van der Waals surface area contributed by atoms with E-state index < -0.39 is 0 Å². The van der Waals surface area contributed by atoms with Crippen LogP contribution in [-0.4, -0.2) is 13.2 Å². The van der Waals surface area contributed by atoms with E-state index in [0.717, 1.165) is 9.21 Å². The first-order valence-corrected chi connectivity index (χ1v) is 5.79. The first-order chi connectivity index (χ1) is 6.56. The molecule has 2 nitrogen and oxygen atoms in total. The Balaban J connectivity index is 2.77. The van der Waals surface area contributed by atoms with Crippen LogP contribution in [0.25, 0.3) is 0 Å². The maximum absolute atomic E-state index is 6.09. The molecule has 2 unspecified atom stereocenters. The fourth-order valence-corrected chi connectivity index (χ4v) is 2.60. The van der Waals surface area contributed by atoms with Crippen LogP contribution in [0.15, 0.2) is 12.1 Å². The lowest BCUT2D eigenvalue weighted by Gasteiger charge is -2.24. The Hall–Kier alpha value is -0.0900. The summed E-state index contributed by atoms with van der Waals surface area (Å²) in [6, 6.07) is 3.75. The van der Waals surface area contributed by atoms with Gasteiger partial charge in [-0.25, -0.2) is 0 Å². The highest BCUT2D eigenvalue weighted by atomic mass is 35.5. The second-order valence-electron chi connectivity index (χ2n) is 3.61. The van der Waals surface area contributed by atoms with Gasteiger partial charge in [-0.05, 0) is 18.1 Å². The zero-order chi connectivity index (χ0) is 10.7. The second-order valence-corrected chi connectivity index (χ2v) is 5.36. The van der Waals surface area contributed by atoms with Crippen LogP contribution in [0.3, 0.4) is 0 Å². The molecule has 1 aromatic rings. The molecule has 0 aliphatic rings. The zero-order valence-corrected chi connectivity index (χ0v) is 10.2. The lowest BCUT2D eigenvalue weighted by atomic mass is 9.99. The largest absolute Gasteiger partial charge is 0.379 e. The monoisotopic (exact) mass is 233 g/mol. The number of methoxy groups -OCH3 is 1. The summed E-state index contributed by atoms with van der Waals surface area (Å²) in [7, 11) is 1.69. The van der Waals surface area contributed by atoms with Crippen molar-refractivity contribution in [3.8, 4) is 0 Å². The van der Waals surface area contributed by atoms with Crippen molar-refractivity contribution in [2.24, 2.45) is 11.7 Å². The van der Waals surface area contributed by atoms with Gasteiger partial charge >= 0.3 is 0 Å². The molecular formula is C10H16ClNOS. The highest BCUT2D eigenvalue weighted by molar-refractivity contribution is 7.16. The van der Waals surface area contributed by atoms with E-state index in [0.29, 0.717) is 5.92 Å². The second kappa shape index (κ2) is 5.12. The van der Waals surface area contributed by atoms with Crippen LogP contribution in [0, 0.1) is 5.92 Å². The Bertz CT molecular complexity index is 287. The van der Waals surface area contributed by atoms with E-state index in [1.54, 1.807) is 7.11 Å². The number of thiophene rings is 1. The minimum Gasteiger partial charge on any atom is -0.379 e. The summed E-state index contributed by atoms with van der Waals surface area (Å²) >= 11 is 7.37. The van der Waals surface area contributed by atoms with E-state index >= 15 is 0 Å². The van der Waals surface area contributed by atoms with Crippen LogP contribution in [0.1, 0.15) is 24.8 Å². The number of nitrogens with two attached hydrogens (primary N) is 1. The standard InChI is InChI=1S/C10H16ClNOS/c1-6(2)10(13-3)9(12)7-4-5-8(11)14-7/h4-6,9-10H,12H2,1-3H3. The van der Waals surface area contributed by atoms with Crippen molar-refractivity contribution in [1.82, 2.24) is 0 Å². The van der Waals surface area contributed by atoms with E-state index in [1.807, 2.05) is 12.1 Å². The lowest BCUT2D eigenvalue weighted by Crippen LogP contribution is -2.31. The maximum atomic E-state index is 6.09. The molecule has 0 fully saturated rings. The third-order valence-electron chi connectivity index (χ3n) is 2.21. The molecule has 0 saturated carbocycles. The van der Waals surface area contributed by atoms with E-state index in [9.17, 15) is 0 Å². The lowest BCUT2D eigenvalue weighted by molar-refractivity contribution is 0.0446. The molecular weight excluding hydrogens is 218 g/mol. The van der Waals surface area contributed by atoms with Gasteiger partial charge in [-0.15, -0.1) is 11.3 Å². The van der Waals surface area contributed by atoms with Crippen molar-refractivity contribution in [2.45, 2.75) is 26.0 Å². The number of rotatable bonds is 4. The maximum Gasteiger partial charge on any atom is 0.0931 e. The molecule has 4 heteroatoms. The molecule has 80 valence electrons. The molecule has 0 aliphatic heterocycles. The molecule has 14 heavy (non-hydrogen) atoms. The zero-order valence-electron chi connectivity index (χ0n) is 8.66. The Morgan fingerprint density at radius 1 is 1.43 bits per heavy atom. The van der Waals surface area contributed by atoms with Gasteiger partial charge in [0.2, 0.25) is 0 Å². The van der Waals surface area contributed by atoms with Crippen LogP contribution in [0.4, 0.5) is 0 Å². The van der Waals surface area contributed by atoms with Crippen LogP contribution < -0.4 is 5.73 Å². The Morgan fingerprint density at radius 3 is 2.43 bits per heavy atom. The average Bonchev–Trinajstić information content (AvgIpc) is 2.52. The first-order valence-electron chi connectivity index (χ1n) is 4.60. The third-order valence-corrected chi connectivity index (χ3v) is 3.54. The third kappa shape index (κ3) is 2.70.